The van der Waals surface area contributed by atoms with Crippen LogP contribution in [0.4, 0.5) is 13.6 Å². The molecule has 0 saturated heterocycles. The van der Waals surface area contributed by atoms with Crippen molar-refractivity contribution in [2.45, 2.75) is 104 Å². The fraction of sp³-hybridized carbons (Fsp3) is 0.759. The van der Waals surface area contributed by atoms with E-state index in [0.29, 0.717) is 6.42 Å². The number of hydrogen-bond acceptors (Lipinski definition) is 6. The first-order valence-electron chi connectivity index (χ1n) is 13.5. The fourth-order valence-electron chi connectivity index (χ4n) is 8.38. The van der Waals surface area contributed by atoms with Crippen molar-refractivity contribution >= 4 is 17.9 Å². The SMILES string of the molecule is CCC(OC(=O)O[C@@]1(C(=O)O)[C@H](C)C[C@H]2[C@@H]3C[C@H](F)C4=CC(=O)C=C[C@]4(C)C3(F)[C@@H](O)C[C@@]21C)C(C)(C)C. The molecular formula is C29H40F2O7. The average Bonchev–Trinajstić information content (AvgIpc) is 3.02. The monoisotopic (exact) mass is 538 g/mol. The van der Waals surface area contributed by atoms with Gasteiger partial charge in [0.15, 0.2) is 11.5 Å². The maximum Gasteiger partial charge on any atom is 0.509 e. The second kappa shape index (κ2) is 8.86. The number of carbonyl (C=O) groups is 3. The molecule has 7 nitrogen and oxygen atoms in total. The molecule has 0 aromatic rings. The molecule has 212 valence electrons. The molecule has 0 amide bonds. The fourth-order valence-corrected chi connectivity index (χ4v) is 8.38. The number of carbonyl (C=O) groups excluding carboxylic acids is 2. The van der Waals surface area contributed by atoms with Crippen LogP contribution >= 0.6 is 0 Å². The van der Waals surface area contributed by atoms with Crippen molar-refractivity contribution in [3.8, 4) is 0 Å². The Bertz CT molecular complexity index is 1090. The molecule has 4 aliphatic rings. The minimum absolute atomic E-state index is 0.00504. The third kappa shape index (κ3) is 3.63. The van der Waals surface area contributed by atoms with Gasteiger partial charge in [-0.05, 0) is 61.7 Å². The Labute approximate surface area is 222 Å². The van der Waals surface area contributed by atoms with Gasteiger partial charge in [0.1, 0.15) is 12.3 Å². The van der Waals surface area contributed by atoms with Crippen LogP contribution in [-0.4, -0.2) is 57.8 Å². The van der Waals surface area contributed by atoms with Crippen LogP contribution in [-0.2, 0) is 19.1 Å². The number of carboxylic acids is 1. The molecule has 4 aliphatic carbocycles. The minimum atomic E-state index is -2.35. The summed E-state index contributed by atoms with van der Waals surface area (Å²) in [5.41, 5.74) is -7.88. The highest BCUT2D eigenvalue weighted by atomic mass is 19.1. The van der Waals surface area contributed by atoms with Gasteiger partial charge in [0.05, 0.1) is 6.10 Å². The Morgan fingerprint density at radius 1 is 1.21 bits per heavy atom. The van der Waals surface area contributed by atoms with Crippen molar-refractivity contribution in [1.82, 2.24) is 0 Å². The summed E-state index contributed by atoms with van der Waals surface area (Å²) in [7, 11) is 0. The Hall–Kier alpha value is -2.29. The van der Waals surface area contributed by atoms with Gasteiger partial charge in [-0.3, -0.25) is 4.79 Å². The molecule has 0 radical (unpaired) electrons. The van der Waals surface area contributed by atoms with Crippen molar-refractivity contribution in [2.75, 3.05) is 0 Å². The number of aliphatic hydroxyl groups is 1. The van der Waals surface area contributed by atoms with Crippen LogP contribution in [0.2, 0.25) is 0 Å². The summed E-state index contributed by atoms with van der Waals surface area (Å²) >= 11 is 0. The van der Waals surface area contributed by atoms with Gasteiger partial charge in [0.25, 0.3) is 0 Å². The van der Waals surface area contributed by atoms with E-state index in [-0.39, 0.29) is 24.8 Å². The molecule has 9 heteroatoms. The van der Waals surface area contributed by atoms with Crippen molar-refractivity contribution in [1.29, 1.82) is 0 Å². The maximum atomic E-state index is 17.3. The number of hydrogen-bond donors (Lipinski definition) is 2. The predicted octanol–water partition coefficient (Wildman–Crippen LogP) is 5.35. The molecule has 0 aromatic carbocycles. The third-order valence-corrected chi connectivity index (χ3v) is 10.3. The zero-order valence-electron chi connectivity index (χ0n) is 23.2. The molecule has 0 heterocycles. The molecule has 0 bridgehead atoms. The van der Waals surface area contributed by atoms with Crippen LogP contribution in [0.25, 0.3) is 0 Å². The van der Waals surface area contributed by atoms with E-state index in [2.05, 4.69) is 0 Å². The summed E-state index contributed by atoms with van der Waals surface area (Å²) < 4.78 is 44.3. The highest BCUT2D eigenvalue weighted by molar-refractivity contribution is 6.01. The van der Waals surface area contributed by atoms with Crippen LogP contribution in [0, 0.1) is 34.0 Å². The molecule has 38 heavy (non-hydrogen) atoms. The molecule has 0 spiro atoms. The second-order valence-corrected chi connectivity index (χ2v) is 13.3. The van der Waals surface area contributed by atoms with Crippen LogP contribution in [0.5, 0.6) is 0 Å². The number of rotatable bonds is 4. The summed E-state index contributed by atoms with van der Waals surface area (Å²) in [5, 5.41) is 22.0. The Balaban J connectivity index is 1.77. The lowest BCUT2D eigenvalue weighted by molar-refractivity contribution is -0.232. The van der Waals surface area contributed by atoms with Gasteiger partial charge in [0.2, 0.25) is 5.60 Å². The lowest BCUT2D eigenvalue weighted by Gasteiger charge is -2.62. The third-order valence-electron chi connectivity index (χ3n) is 10.3. The van der Waals surface area contributed by atoms with Gasteiger partial charge in [-0.25, -0.2) is 18.4 Å². The Morgan fingerprint density at radius 2 is 1.84 bits per heavy atom. The number of ether oxygens (including phenoxy) is 2. The van der Waals surface area contributed by atoms with E-state index in [1.165, 1.54) is 19.1 Å². The first-order valence-corrected chi connectivity index (χ1v) is 13.5. The zero-order chi connectivity index (χ0) is 28.6. The number of halogens is 2. The largest absolute Gasteiger partial charge is 0.509 e. The van der Waals surface area contributed by atoms with Crippen LogP contribution < -0.4 is 0 Å². The summed E-state index contributed by atoms with van der Waals surface area (Å²) in [6, 6.07) is 0. The van der Waals surface area contributed by atoms with Crippen LogP contribution in [0.3, 0.4) is 0 Å². The first kappa shape index (κ1) is 28.7. The zero-order valence-corrected chi connectivity index (χ0v) is 23.2. The van der Waals surface area contributed by atoms with E-state index in [1.54, 1.807) is 13.8 Å². The number of alkyl halides is 2. The van der Waals surface area contributed by atoms with Crippen molar-refractivity contribution < 1.29 is 42.9 Å². The van der Waals surface area contributed by atoms with Crippen molar-refractivity contribution in [2.24, 2.45) is 34.0 Å². The van der Waals surface area contributed by atoms with Crippen molar-refractivity contribution in [3.63, 3.8) is 0 Å². The van der Waals surface area contributed by atoms with E-state index in [0.717, 1.165) is 6.08 Å². The minimum Gasteiger partial charge on any atom is -0.478 e. The maximum absolute atomic E-state index is 17.3. The molecule has 3 saturated carbocycles. The summed E-state index contributed by atoms with van der Waals surface area (Å²) in [5.74, 6) is -4.41. The highest BCUT2D eigenvalue weighted by Gasteiger charge is 2.78. The van der Waals surface area contributed by atoms with Gasteiger partial charge < -0.3 is 19.7 Å². The highest BCUT2D eigenvalue weighted by Crippen LogP contribution is 2.71. The van der Waals surface area contributed by atoms with Gasteiger partial charge in [0, 0.05) is 22.7 Å². The number of carboxylic acid groups (broad SMARTS) is 1. The standard InChI is InChI=1S/C29H40F2O7/c1-8-22(25(3,4)5)37-24(36)38-29(23(34)35)15(2)11-17-18-13-20(30)19-12-16(32)9-10-26(19,6)28(18,31)21(33)14-27(17,29)7/h9-10,12,15,17-18,20-22,33H,8,11,13-14H2,1-7H3,(H,34,35)/t15-,17+,18+,20+,21+,22?,26+,27+,28?,29-/m1/s1. The van der Waals surface area contributed by atoms with Gasteiger partial charge in [-0.2, -0.15) is 0 Å². The smallest absolute Gasteiger partial charge is 0.478 e. The molecule has 3 fully saturated rings. The lowest BCUT2D eigenvalue weighted by atomic mass is 9.44. The predicted molar refractivity (Wildman–Crippen MR) is 135 cm³/mol. The van der Waals surface area contributed by atoms with E-state index < -0.39 is 81.6 Å². The molecule has 2 N–H and O–H groups in total. The van der Waals surface area contributed by atoms with Crippen LogP contribution in [0.1, 0.15) is 74.1 Å². The average molecular weight is 539 g/mol. The van der Waals surface area contributed by atoms with E-state index in [4.69, 9.17) is 9.47 Å². The summed E-state index contributed by atoms with van der Waals surface area (Å²) in [4.78, 5) is 38.1. The number of aliphatic carboxylic acids is 1. The number of allylic oxidation sites excluding steroid dienone is 4. The summed E-state index contributed by atoms with van der Waals surface area (Å²) in [6.07, 6.45) is -1.37. The van der Waals surface area contributed by atoms with Crippen molar-refractivity contribution in [3.05, 3.63) is 23.8 Å². The lowest BCUT2D eigenvalue weighted by Crippen LogP contribution is -2.71. The molecule has 2 unspecified atom stereocenters. The number of fused-ring (bicyclic) bond motifs is 5. The Kier molecular flexibility index (Phi) is 6.70. The molecule has 0 aliphatic heterocycles. The first-order chi connectivity index (χ1) is 17.4. The number of aliphatic hydroxyl groups excluding tert-OH is 1. The molecular weight excluding hydrogens is 498 g/mol. The van der Waals surface area contributed by atoms with Gasteiger partial charge >= 0.3 is 12.1 Å². The Morgan fingerprint density at radius 3 is 2.39 bits per heavy atom. The second-order valence-electron chi connectivity index (χ2n) is 13.3. The van der Waals surface area contributed by atoms with Gasteiger partial charge in [-0.1, -0.05) is 47.6 Å². The van der Waals surface area contributed by atoms with E-state index in [9.17, 15) is 24.6 Å². The van der Waals surface area contributed by atoms with E-state index >= 15 is 8.78 Å². The van der Waals surface area contributed by atoms with Crippen LogP contribution in [0.15, 0.2) is 23.8 Å². The summed E-state index contributed by atoms with van der Waals surface area (Å²) in [6.45, 7) is 12.2. The molecule has 4 rings (SSSR count). The van der Waals surface area contributed by atoms with E-state index in [1.807, 2.05) is 27.7 Å². The molecule has 10 atom stereocenters. The number of ketones is 1. The molecule has 0 aromatic heterocycles. The quantitative estimate of drug-likeness (QED) is 0.464. The van der Waals surface area contributed by atoms with Gasteiger partial charge in [-0.15, -0.1) is 0 Å². The normalized spacial score (nSPS) is 44.8. The topological polar surface area (TPSA) is 110 Å².